The highest BCUT2D eigenvalue weighted by molar-refractivity contribution is 9.10. The maximum atomic E-state index is 11.9. The van der Waals surface area contributed by atoms with Gasteiger partial charge < -0.3 is 9.52 Å². The second-order valence-corrected chi connectivity index (χ2v) is 5.25. The van der Waals surface area contributed by atoms with E-state index in [1.807, 2.05) is 0 Å². The lowest BCUT2D eigenvalue weighted by atomic mass is 10.2. The van der Waals surface area contributed by atoms with Gasteiger partial charge in [0.1, 0.15) is 17.1 Å². The van der Waals surface area contributed by atoms with Gasteiger partial charge in [-0.3, -0.25) is 4.57 Å². The minimum Gasteiger partial charge on any atom is -0.478 e. The van der Waals surface area contributed by atoms with Gasteiger partial charge in [-0.1, -0.05) is 0 Å². The molecule has 2 aromatic rings. The normalized spacial score (nSPS) is 10.8. The summed E-state index contributed by atoms with van der Waals surface area (Å²) in [6, 6.07) is 1.43. The molecule has 2 heterocycles. The third-order valence-corrected chi connectivity index (χ3v) is 4.20. The second-order valence-electron chi connectivity index (χ2n) is 4.45. The third kappa shape index (κ3) is 2.53. The molecule has 0 radical (unpaired) electrons. The van der Waals surface area contributed by atoms with Gasteiger partial charge in [0.05, 0.1) is 16.7 Å². The smallest absolute Gasteiger partial charge is 0.348 e. The van der Waals surface area contributed by atoms with Crippen molar-refractivity contribution in [3.05, 3.63) is 49.5 Å². The molecule has 106 valence electrons. The Morgan fingerprint density at radius 3 is 2.65 bits per heavy atom. The largest absolute Gasteiger partial charge is 0.478 e. The summed E-state index contributed by atoms with van der Waals surface area (Å²) in [5, 5.41) is 8.99. The maximum absolute atomic E-state index is 11.9. The molecule has 0 bridgehead atoms. The van der Waals surface area contributed by atoms with Gasteiger partial charge in [0.15, 0.2) is 0 Å². The lowest BCUT2D eigenvalue weighted by molar-refractivity contribution is 0.0695. The average Bonchev–Trinajstić information content (AvgIpc) is 2.73. The van der Waals surface area contributed by atoms with Gasteiger partial charge in [-0.25, -0.2) is 9.59 Å². The molecule has 2 rings (SSSR count). The standard InChI is InChI=1S/C13H13BrN2O4/c1-6-11(14)7(2)16(13(19)15-6)5-9-4-10(12(17)18)8(3)20-9/h4H,5H2,1-3H3,(H,17,18). The van der Waals surface area contributed by atoms with Crippen LogP contribution in [0.2, 0.25) is 0 Å². The van der Waals surface area contributed by atoms with E-state index in [1.54, 1.807) is 20.8 Å². The fourth-order valence-corrected chi connectivity index (χ4v) is 2.26. The topological polar surface area (TPSA) is 85.3 Å². The highest BCUT2D eigenvalue weighted by Gasteiger charge is 2.16. The van der Waals surface area contributed by atoms with E-state index in [0.717, 1.165) is 4.47 Å². The molecule has 0 saturated heterocycles. The minimum atomic E-state index is -1.05. The van der Waals surface area contributed by atoms with Crippen LogP contribution in [0.25, 0.3) is 0 Å². The van der Waals surface area contributed by atoms with E-state index >= 15 is 0 Å². The number of aryl methyl sites for hydroxylation is 2. The van der Waals surface area contributed by atoms with Gasteiger partial charge in [0.25, 0.3) is 0 Å². The second kappa shape index (κ2) is 5.24. The highest BCUT2D eigenvalue weighted by Crippen LogP contribution is 2.19. The van der Waals surface area contributed by atoms with Crippen LogP contribution in [0.3, 0.4) is 0 Å². The first-order valence-electron chi connectivity index (χ1n) is 5.87. The van der Waals surface area contributed by atoms with Crippen molar-refractivity contribution in [2.75, 3.05) is 0 Å². The quantitative estimate of drug-likeness (QED) is 0.926. The number of aromatic carboxylic acids is 1. The first kappa shape index (κ1) is 14.5. The number of furan rings is 1. The fourth-order valence-electron chi connectivity index (χ4n) is 1.95. The summed E-state index contributed by atoms with van der Waals surface area (Å²) in [6.07, 6.45) is 0. The van der Waals surface area contributed by atoms with Crippen molar-refractivity contribution in [3.8, 4) is 0 Å². The van der Waals surface area contributed by atoms with E-state index < -0.39 is 11.7 Å². The van der Waals surface area contributed by atoms with E-state index in [0.29, 0.717) is 22.9 Å². The van der Waals surface area contributed by atoms with Crippen molar-refractivity contribution >= 4 is 21.9 Å². The molecule has 0 fully saturated rings. The molecular weight excluding hydrogens is 328 g/mol. The van der Waals surface area contributed by atoms with Gasteiger partial charge in [-0.2, -0.15) is 4.98 Å². The van der Waals surface area contributed by atoms with Crippen LogP contribution >= 0.6 is 15.9 Å². The number of carboxylic acid groups (broad SMARTS) is 1. The molecular formula is C13H13BrN2O4. The van der Waals surface area contributed by atoms with Crippen LogP contribution in [-0.4, -0.2) is 20.6 Å². The molecule has 7 heteroatoms. The van der Waals surface area contributed by atoms with Crippen LogP contribution in [0.4, 0.5) is 0 Å². The van der Waals surface area contributed by atoms with Crippen LogP contribution < -0.4 is 5.69 Å². The number of hydrogen-bond donors (Lipinski definition) is 1. The molecule has 0 aliphatic carbocycles. The number of halogens is 1. The Morgan fingerprint density at radius 1 is 1.45 bits per heavy atom. The van der Waals surface area contributed by atoms with Crippen LogP contribution in [0.5, 0.6) is 0 Å². The lowest BCUT2D eigenvalue weighted by Crippen LogP contribution is -2.26. The van der Waals surface area contributed by atoms with Crippen molar-refractivity contribution in [2.45, 2.75) is 27.3 Å². The number of carboxylic acids is 1. The molecule has 0 atom stereocenters. The van der Waals surface area contributed by atoms with Crippen molar-refractivity contribution in [1.82, 2.24) is 9.55 Å². The number of rotatable bonds is 3. The van der Waals surface area contributed by atoms with E-state index in [4.69, 9.17) is 9.52 Å². The van der Waals surface area contributed by atoms with Crippen molar-refractivity contribution in [3.63, 3.8) is 0 Å². The summed E-state index contributed by atoms with van der Waals surface area (Å²) < 4.78 is 7.56. The number of aromatic nitrogens is 2. The third-order valence-electron chi connectivity index (χ3n) is 3.05. The van der Waals surface area contributed by atoms with E-state index in [2.05, 4.69) is 20.9 Å². The van der Waals surface area contributed by atoms with Crippen molar-refractivity contribution in [1.29, 1.82) is 0 Å². The van der Waals surface area contributed by atoms with E-state index in [-0.39, 0.29) is 12.1 Å². The Hall–Kier alpha value is -1.89. The highest BCUT2D eigenvalue weighted by atomic mass is 79.9. The minimum absolute atomic E-state index is 0.102. The van der Waals surface area contributed by atoms with Crippen LogP contribution in [0.15, 0.2) is 19.8 Å². The molecule has 0 aliphatic heterocycles. The predicted molar refractivity (Wildman–Crippen MR) is 75.2 cm³/mol. The Morgan fingerprint density at radius 2 is 2.10 bits per heavy atom. The molecule has 0 amide bonds. The molecule has 6 nitrogen and oxygen atoms in total. The van der Waals surface area contributed by atoms with Gasteiger partial charge in [0.2, 0.25) is 0 Å². The zero-order valence-corrected chi connectivity index (χ0v) is 12.8. The summed E-state index contributed by atoms with van der Waals surface area (Å²) in [5.41, 5.74) is 1.04. The summed E-state index contributed by atoms with van der Waals surface area (Å²) in [4.78, 5) is 26.8. The van der Waals surface area contributed by atoms with Gasteiger partial charge >= 0.3 is 11.7 Å². The number of hydrogen-bond acceptors (Lipinski definition) is 4. The summed E-state index contributed by atoms with van der Waals surface area (Å²) >= 11 is 3.37. The zero-order valence-electron chi connectivity index (χ0n) is 11.2. The molecule has 0 aromatic carbocycles. The zero-order chi connectivity index (χ0) is 15.0. The molecule has 1 N–H and O–H groups in total. The molecule has 2 aromatic heterocycles. The molecule has 20 heavy (non-hydrogen) atoms. The average molecular weight is 341 g/mol. The molecule has 0 saturated carbocycles. The molecule has 0 aliphatic rings. The van der Waals surface area contributed by atoms with Crippen molar-refractivity contribution < 1.29 is 14.3 Å². The first-order chi connectivity index (χ1) is 9.31. The monoisotopic (exact) mass is 340 g/mol. The van der Waals surface area contributed by atoms with Crippen LogP contribution in [0, 0.1) is 20.8 Å². The molecule has 0 spiro atoms. The van der Waals surface area contributed by atoms with E-state index in [9.17, 15) is 9.59 Å². The lowest BCUT2D eigenvalue weighted by Gasteiger charge is -2.10. The Kier molecular flexibility index (Phi) is 3.80. The Balaban J connectivity index is 2.46. The SMILES string of the molecule is Cc1nc(=O)n(Cc2cc(C(=O)O)c(C)o2)c(C)c1Br. The summed E-state index contributed by atoms with van der Waals surface area (Å²) in [5.74, 6) is -0.329. The summed E-state index contributed by atoms with van der Waals surface area (Å²) in [7, 11) is 0. The molecule has 0 unspecified atom stereocenters. The Bertz CT molecular complexity index is 746. The predicted octanol–water partition coefficient (Wildman–Crippen LogP) is 2.27. The number of carbonyl (C=O) groups is 1. The fraction of sp³-hybridized carbons (Fsp3) is 0.308. The number of nitrogens with zero attached hydrogens (tertiary/aromatic N) is 2. The first-order valence-corrected chi connectivity index (χ1v) is 6.66. The van der Waals surface area contributed by atoms with Crippen LogP contribution in [0.1, 0.15) is 33.3 Å². The Labute approximate surface area is 123 Å². The van der Waals surface area contributed by atoms with Gasteiger partial charge in [-0.15, -0.1) is 0 Å². The van der Waals surface area contributed by atoms with Gasteiger partial charge in [-0.05, 0) is 42.8 Å². The van der Waals surface area contributed by atoms with E-state index in [1.165, 1.54) is 10.6 Å². The van der Waals surface area contributed by atoms with Gasteiger partial charge in [0, 0.05) is 5.69 Å². The maximum Gasteiger partial charge on any atom is 0.348 e. The van der Waals surface area contributed by atoms with Crippen LogP contribution in [-0.2, 0) is 6.54 Å². The summed E-state index contributed by atoms with van der Waals surface area (Å²) in [6.45, 7) is 5.24. The van der Waals surface area contributed by atoms with Crippen molar-refractivity contribution in [2.24, 2.45) is 0 Å².